The minimum atomic E-state index is 0.615. The second-order valence-corrected chi connectivity index (χ2v) is 4.63. The first-order chi connectivity index (χ1) is 7.59. The fourth-order valence-corrected chi connectivity index (χ4v) is 1.76. The van der Waals surface area contributed by atoms with Gasteiger partial charge in [0.2, 0.25) is 0 Å². The lowest BCUT2D eigenvalue weighted by Gasteiger charge is -2.08. The van der Waals surface area contributed by atoms with E-state index in [9.17, 15) is 0 Å². The number of nitrogens with one attached hydrogen (secondary N) is 1. The molecule has 0 atom stereocenters. The molecule has 0 saturated carbocycles. The summed E-state index contributed by atoms with van der Waals surface area (Å²) in [6.45, 7) is 9.73. The summed E-state index contributed by atoms with van der Waals surface area (Å²) in [6.07, 6.45) is 1.84. The summed E-state index contributed by atoms with van der Waals surface area (Å²) < 4.78 is 6.35. The molecule has 0 aromatic carbocycles. The molecule has 4 heteroatoms. The van der Waals surface area contributed by atoms with Crippen LogP contribution in [0.1, 0.15) is 12.5 Å². The minimum absolute atomic E-state index is 0.615. The summed E-state index contributed by atoms with van der Waals surface area (Å²) >= 11 is 3.46. The van der Waals surface area contributed by atoms with Gasteiger partial charge in [0.25, 0.3) is 0 Å². The van der Waals surface area contributed by atoms with Crippen LogP contribution in [0.2, 0.25) is 0 Å². The minimum Gasteiger partial charge on any atom is -0.375 e. The summed E-state index contributed by atoms with van der Waals surface area (Å²) in [5.41, 5.74) is 2.17. The molecule has 0 saturated heterocycles. The summed E-state index contributed by atoms with van der Waals surface area (Å²) in [5, 5.41) is 3.20. The number of aryl methyl sites for hydroxylation is 1. The first-order valence-corrected chi connectivity index (χ1v) is 5.97. The van der Waals surface area contributed by atoms with E-state index in [1.807, 2.05) is 26.1 Å². The topological polar surface area (TPSA) is 34.1 Å². The Labute approximate surface area is 105 Å². The lowest BCUT2D eigenvalue weighted by atomic mass is 10.3. The molecule has 3 nitrogen and oxygen atoms in total. The van der Waals surface area contributed by atoms with Crippen LogP contribution in [-0.2, 0) is 4.74 Å². The van der Waals surface area contributed by atoms with E-state index in [-0.39, 0.29) is 0 Å². The molecule has 1 aromatic heterocycles. The van der Waals surface area contributed by atoms with Crippen LogP contribution in [0.25, 0.3) is 0 Å². The molecule has 16 heavy (non-hydrogen) atoms. The Morgan fingerprint density at radius 1 is 1.62 bits per heavy atom. The van der Waals surface area contributed by atoms with Crippen molar-refractivity contribution in [3.8, 4) is 0 Å². The van der Waals surface area contributed by atoms with E-state index in [1.54, 1.807) is 0 Å². The van der Waals surface area contributed by atoms with E-state index in [1.165, 1.54) is 0 Å². The molecule has 1 N–H and O–H groups in total. The zero-order valence-corrected chi connectivity index (χ0v) is 11.3. The normalized spacial score (nSPS) is 10.2. The highest BCUT2D eigenvalue weighted by Crippen LogP contribution is 2.19. The molecule has 0 bridgehead atoms. The van der Waals surface area contributed by atoms with E-state index in [2.05, 4.69) is 32.8 Å². The molecule has 88 valence electrons. The van der Waals surface area contributed by atoms with E-state index >= 15 is 0 Å². The Kier molecular flexibility index (Phi) is 5.49. The molecule has 0 aliphatic carbocycles. The average molecular weight is 285 g/mol. The number of ether oxygens (including phenoxy) is 1. The van der Waals surface area contributed by atoms with E-state index in [4.69, 9.17) is 4.74 Å². The molecule has 0 amide bonds. The van der Waals surface area contributed by atoms with Crippen molar-refractivity contribution in [2.24, 2.45) is 0 Å². The lowest BCUT2D eigenvalue weighted by Crippen LogP contribution is -2.11. The van der Waals surface area contributed by atoms with Crippen molar-refractivity contribution >= 4 is 21.7 Å². The number of anilines is 1. The van der Waals surface area contributed by atoms with Crippen LogP contribution >= 0.6 is 15.9 Å². The predicted octanol–water partition coefficient (Wildman–Crippen LogP) is 3.16. The van der Waals surface area contributed by atoms with Crippen LogP contribution in [0.4, 0.5) is 5.82 Å². The second kappa shape index (κ2) is 6.66. The molecule has 0 unspecified atom stereocenters. The van der Waals surface area contributed by atoms with Gasteiger partial charge >= 0.3 is 0 Å². The molecule has 1 aromatic rings. The highest BCUT2D eigenvalue weighted by atomic mass is 79.9. The average Bonchev–Trinajstić information content (AvgIpc) is 2.20. The Hall–Kier alpha value is -0.870. The maximum Gasteiger partial charge on any atom is 0.140 e. The van der Waals surface area contributed by atoms with Crippen molar-refractivity contribution in [3.05, 3.63) is 34.5 Å². The third-order valence-corrected chi connectivity index (χ3v) is 2.47. The third-order valence-electron chi connectivity index (χ3n) is 1.87. The van der Waals surface area contributed by atoms with Gasteiger partial charge in [-0.3, -0.25) is 0 Å². The number of hydrogen-bond acceptors (Lipinski definition) is 3. The summed E-state index contributed by atoms with van der Waals surface area (Å²) in [4.78, 5) is 4.28. The molecular formula is C12H17BrN2O. The Morgan fingerprint density at radius 2 is 2.38 bits per heavy atom. The predicted molar refractivity (Wildman–Crippen MR) is 70.8 cm³/mol. The van der Waals surface area contributed by atoms with Crippen molar-refractivity contribution < 1.29 is 4.74 Å². The van der Waals surface area contributed by atoms with Crippen LogP contribution in [0.5, 0.6) is 0 Å². The van der Waals surface area contributed by atoms with Crippen molar-refractivity contribution in [1.82, 2.24) is 4.98 Å². The maximum atomic E-state index is 5.38. The number of pyridine rings is 1. The van der Waals surface area contributed by atoms with Crippen molar-refractivity contribution in [2.45, 2.75) is 13.8 Å². The number of halogens is 1. The van der Waals surface area contributed by atoms with Crippen molar-refractivity contribution in [1.29, 1.82) is 0 Å². The molecule has 1 rings (SSSR count). The van der Waals surface area contributed by atoms with E-state index < -0.39 is 0 Å². The van der Waals surface area contributed by atoms with E-state index in [0.29, 0.717) is 13.2 Å². The maximum absolute atomic E-state index is 5.38. The molecule has 0 aliphatic heterocycles. The monoisotopic (exact) mass is 284 g/mol. The third kappa shape index (κ3) is 4.77. The van der Waals surface area contributed by atoms with Gasteiger partial charge in [-0.15, -0.1) is 0 Å². The van der Waals surface area contributed by atoms with Crippen LogP contribution in [0.3, 0.4) is 0 Å². The fourth-order valence-electron chi connectivity index (χ4n) is 1.15. The summed E-state index contributed by atoms with van der Waals surface area (Å²) in [7, 11) is 0. The van der Waals surface area contributed by atoms with Gasteiger partial charge in [-0.2, -0.15) is 0 Å². The van der Waals surface area contributed by atoms with Gasteiger partial charge < -0.3 is 10.1 Å². The Morgan fingerprint density at radius 3 is 3.00 bits per heavy atom. The van der Waals surface area contributed by atoms with Gasteiger partial charge in [0.1, 0.15) is 5.82 Å². The van der Waals surface area contributed by atoms with Gasteiger partial charge in [-0.05, 0) is 41.4 Å². The molecule has 0 spiro atoms. The zero-order chi connectivity index (χ0) is 12.0. The largest absolute Gasteiger partial charge is 0.375 e. The number of rotatable bonds is 6. The SMILES string of the molecule is C=C(C)COCCNc1ncc(C)cc1Br. The first kappa shape index (κ1) is 13.2. The van der Waals surface area contributed by atoms with Crippen LogP contribution < -0.4 is 5.32 Å². The number of nitrogens with zero attached hydrogens (tertiary/aromatic N) is 1. The summed E-state index contributed by atoms with van der Waals surface area (Å²) in [6, 6.07) is 2.03. The second-order valence-electron chi connectivity index (χ2n) is 3.78. The Balaban J connectivity index is 2.29. The van der Waals surface area contributed by atoms with Gasteiger partial charge in [0.05, 0.1) is 17.7 Å². The van der Waals surface area contributed by atoms with Crippen molar-refractivity contribution in [2.75, 3.05) is 25.1 Å². The molecular weight excluding hydrogens is 268 g/mol. The van der Waals surface area contributed by atoms with Crippen LogP contribution in [-0.4, -0.2) is 24.7 Å². The number of aromatic nitrogens is 1. The summed E-state index contributed by atoms with van der Waals surface area (Å²) in [5.74, 6) is 0.851. The fraction of sp³-hybridized carbons (Fsp3) is 0.417. The van der Waals surface area contributed by atoms with Gasteiger partial charge in [0, 0.05) is 12.7 Å². The quantitative estimate of drug-likeness (QED) is 0.644. The molecule has 1 heterocycles. The van der Waals surface area contributed by atoms with Crippen LogP contribution in [0.15, 0.2) is 28.9 Å². The van der Waals surface area contributed by atoms with Crippen molar-refractivity contribution in [3.63, 3.8) is 0 Å². The standard InChI is InChI=1S/C12H17BrN2O/c1-9(2)8-16-5-4-14-12-11(13)6-10(3)7-15-12/h6-7H,1,4-5,8H2,2-3H3,(H,14,15). The first-order valence-electron chi connectivity index (χ1n) is 5.17. The molecule has 0 aliphatic rings. The lowest BCUT2D eigenvalue weighted by molar-refractivity contribution is 0.167. The highest BCUT2D eigenvalue weighted by molar-refractivity contribution is 9.10. The molecule has 0 fully saturated rings. The van der Waals surface area contributed by atoms with Gasteiger partial charge in [0.15, 0.2) is 0 Å². The Bertz CT molecular complexity index is 366. The van der Waals surface area contributed by atoms with Crippen LogP contribution in [0, 0.1) is 6.92 Å². The zero-order valence-electron chi connectivity index (χ0n) is 9.72. The molecule has 0 radical (unpaired) electrons. The smallest absolute Gasteiger partial charge is 0.140 e. The van der Waals surface area contributed by atoms with Gasteiger partial charge in [-0.1, -0.05) is 12.2 Å². The highest BCUT2D eigenvalue weighted by Gasteiger charge is 2.00. The van der Waals surface area contributed by atoms with E-state index in [0.717, 1.165) is 28.0 Å². The van der Waals surface area contributed by atoms with Gasteiger partial charge in [-0.25, -0.2) is 4.98 Å². The number of hydrogen-bond donors (Lipinski definition) is 1.